The first-order chi connectivity index (χ1) is 13.5. The number of fused-ring (bicyclic) bond motifs is 1. The minimum atomic E-state index is -0.268. The Morgan fingerprint density at radius 2 is 1.89 bits per heavy atom. The van der Waals surface area contributed by atoms with Gasteiger partial charge in [0.2, 0.25) is 5.88 Å². The van der Waals surface area contributed by atoms with E-state index in [4.69, 9.17) is 9.15 Å². The highest BCUT2D eigenvalue weighted by Gasteiger charge is 2.27. The molecule has 1 aromatic carbocycles. The molecule has 3 aromatic rings. The fourth-order valence-corrected chi connectivity index (χ4v) is 3.46. The smallest absolute Gasteiger partial charge is 0.289 e. The number of nitrogens with zero attached hydrogens (tertiary/aromatic N) is 3. The lowest BCUT2D eigenvalue weighted by Crippen LogP contribution is -2.42. The molecule has 0 atom stereocenters. The fraction of sp³-hybridized carbons (Fsp3) is 0.333. The molecule has 144 valence electrons. The van der Waals surface area contributed by atoms with E-state index in [0.717, 1.165) is 5.69 Å². The Morgan fingerprint density at radius 3 is 2.64 bits per heavy atom. The SMILES string of the molecule is Cc1cc(OC2CCN(C(=O)c3cc(=O)c4ccccc4o3)CC2)nc(C)n1. The second-order valence-corrected chi connectivity index (χ2v) is 6.98. The third kappa shape index (κ3) is 3.74. The molecule has 1 amide bonds. The maximum absolute atomic E-state index is 12.8. The van der Waals surface area contributed by atoms with Gasteiger partial charge < -0.3 is 14.1 Å². The maximum Gasteiger partial charge on any atom is 0.289 e. The number of amides is 1. The maximum atomic E-state index is 12.8. The third-order valence-electron chi connectivity index (χ3n) is 4.80. The largest absolute Gasteiger partial charge is 0.474 e. The van der Waals surface area contributed by atoms with Gasteiger partial charge in [-0.3, -0.25) is 9.59 Å². The molecule has 1 fully saturated rings. The summed E-state index contributed by atoms with van der Waals surface area (Å²) in [5.74, 6) is 1.05. The summed E-state index contributed by atoms with van der Waals surface area (Å²) < 4.78 is 11.6. The summed E-state index contributed by atoms with van der Waals surface area (Å²) in [7, 11) is 0. The first kappa shape index (κ1) is 18.2. The van der Waals surface area contributed by atoms with Crippen molar-refractivity contribution in [2.24, 2.45) is 0 Å². The molecule has 1 aliphatic heterocycles. The van der Waals surface area contributed by atoms with E-state index in [1.807, 2.05) is 19.9 Å². The number of likely N-dealkylation sites (tertiary alicyclic amines) is 1. The molecule has 7 heteroatoms. The molecular weight excluding hydrogens is 358 g/mol. The van der Waals surface area contributed by atoms with Gasteiger partial charge in [0.25, 0.3) is 5.91 Å². The number of carbonyl (C=O) groups excluding carboxylic acids is 1. The summed E-state index contributed by atoms with van der Waals surface area (Å²) in [6.45, 7) is 4.80. The van der Waals surface area contributed by atoms with Crippen LogP contribution in [0.1, 0.15) is 34.9 Å². The lowest BCUT2D eigenvalue weighted by Gasteiger charge is -2.31. The molecule has 2 aromatic heterocycles. The zero-order chi connectivity index (χ0) is 19.7. The summed E-state index contributed by atoms with van der Waals surface area (Å²) in [6.07, 6.45) is 1.36. The van der Waals surface area contributed by atoms with Crippen molar-refractivity contribution in [3.8, 4) is 5.88 Å². The second-order valence-electron chi connectivity index (χ2n) is 6.98. The van der Waals surface area contributed by atoms with Crippen LogP contribution in [0.2, 0.25) is 0 Å². The number of piperidine rings is 1. The van der Waals surface area contributed by atoms with Gasteiger partial charge in [-0.1, -0.05) is 12.1 Å². The summed E-state index contributed by atoms with van der Waals surface area (Å²) in [4.78, 5) is 35.3. The van der Waals surface area contributed by atoms with Gasteiger partial charge in [0, 0.05) is 43.8 Å². The zero-order valence-corrected chi connectivity index (χ0v) is 15.8. The Labute approximate surface area is 162 Å². The minimum absolute atomic E-state index is 0.0126. The van der Waals surface area contributed by atoms with Crippen molar-refractivity contribution in [3.05, 3.63) is 63.9 Å². The molecule has 0 radical (unpaired) electrons. The highest BCUT2D eigenvalue weighted by Crippen LogP contribution is 2.20. The van der Waals surface area contributed by atoms with E-state index in [-0.39, 0.29) is 23.2 Å². The quantitative estimate of drug-likeness (QED) is 0.696. The standard InChI is InChI=1S/C21H21N3O4/c1-13-11-20(23-14(2)22-13)27-15-7-9-24(10-8-15)21(26)19-12-17(25)16-5-3-4-6-18(16)28-19/h3-6,11-12,15H,7-10H2,1-2H3. The summed E-state index contributed by atoms with van der Waals surface area (Å²) in [5, 5.41) is 0.474. The van der Waals surface area contributed by atoms with Crippen LogP contribution in [0.25, 0.3) is 11.0 Å². The van der Waals surface area contributed by atoms with Crippen LogP contribution >= 0.6 is 0 Å². The molecule has 1 aliphatic rings. The van der Waals surface area contributed by atoms with Crippen LogP contribution in [0, 0.1) is 13.8 Å². The summed E-state index contributed by atoms with van der Waals surface area (Å²) in [6, 6.07) is 10.0. The van der Waals surface area contributed by atoms with Crippen LogP contribution in [0.15, 0.2) is 45.6 Å². The van der Waals surface area contributed by atoms with E-state index < -0.39 is 0 Å². The highest BCUT2D eigenvalue weighted by atomic mass is 16.5. The normalized spacial score (nSPS) is 15.0. The van der Waals surface area contributed by atoms with Crippen molar-refractivity contribution in [2.45, 2.75) is 32.8 Å². The van der Waals surface area contributed by atoms with Crippen molar-refractivity contribution in [1.29, 1.82) is 0 Å². The molecule has 0 saturated carbocycles. The molecule has 1 saturated heterocycles. The predicted octanol–water partition coefficient (Wildman–Crippen LogP) is 2.88. The average Bonchev–Trinajstić information content (AvgIpc) is 2.67. The van der Waals surface area contributed by atoms with Crippen LogP contribution in [0.4, 0.5) is 0 Å². The first-order valence-electron chi connectivity index (χ1n) is 9.31. The topological polar surface area (TPSA) is 85.5 Å². The Balaban J connectivity index is 1.43. The van der Waals surface area contributed by atoms with Crippen LogP contribution in [0.3, 0.4) is 0 Å². The molecule has 0 unspecified atom stereocenters. The molecule has 0 spiro atoms. The van der Waals surface area contributed by atoms with Gasteiger partial charge in [-0.15, -0.1) is 0 Å². The minimum Gasteiger partial charge on any atom is -0.474 e. The number of ether oxygens (including phenoxy) is 1. The second kappa shape index (κ2) is 7.42. The molecule has 0 aliphatic carbocycles. The Hall–Kier alpha value is -3.22. The van der Waals surface area contributed by atoms with E-state index in [2.05, 4.69) is 9.97 Å². The number of carbonyl (C=O) groups is 1. The first-order valence-corrected chi connectivity index (χ1v) is 9.31. The average molecular weight is 379 g/mol. The van der Waals surface area contributed by atoms with Crippen molar-refractivity contribution in [3.63, 3.8) is 0 Å². The number of rotatable bonds is 3. The fourth-order valence-electron chi connectivity index (χ4n) is 3.46. The van der Waals surface area contributed by atoms with Gasteiger partial charge in [0.15, 0.2) is 11.2 Å². The Morgan fingerprint density at radius 1 is 1.14 bits per heavy atom. The summed E-state index contributed by atoms with van der Waals surface area (Å²) in [5.41, 5.74) is 1.07. The Kier molecular flexibility index (Phi) is 4.81. The molecule has 3 heterocycles. The van der Waals surface area contributed by atoms with Crippen LogP contribution in [0.5, 0.6) is 5.88 Å². The van der Waals surface area contributed by atoms with E-state index in [9.17, 15) is 9.59 Å². The zero-order valence-electron chi connectivity index (χ0n) is 15.8. The number of para-hydroxylation sites is 1. The van der Waals surface area contributed by atoms with Gasteiger partial charge in [-0.25, -0.2) is 4.98 Å². The molecule has 4 rings (SSSR count). The molecular formula is C21H21N3O4. The number of hydrogen-bond acceptors (Lipinski definition) is 6. The predicted molar refractivity (Wildman–Crippen MR) is 104 cm³/mol. The number of hydrogen-bond donors (Lipinski definition) is 0. The van der Waals surface area contributed by atoms with Crippen molar-refractivity contribution < 1.29 is 13.9 Å². The molecule has 28 heavy (non-hydrogen) atoms. The lowest BCUT2D eigenvalue weighted by atomic mass is 10.1. The van der Waals surface area contributed by atoms with Crippen LogP contribution < -0.4 is 10.2 Å². The van der Waals surface area contributed by atoms with E-state index in [0.29, 0.717) is 48.6 Å². The highest BCUT2D eigenvalue weighted by molar-refractivity contribution is 5.93. The van der Waals surface area contributed by atoms with E-state index >= 15 is 0 Å². The van der Waals surface area contributed by atoms with Crippen LogP contribution in [-0.4, -0.2) is 40.0 Å². The molecule has 7 nitrogen and oxygen atoms in total. The third-order valence-corrected chi connectivity index (χ3v) is 4.80. The van der Waals surface area contributed by atoms with Gasteiger partial charge in [0.1, 0.15) is 17.5 Å². The lowest BCUT2D eigenvalue weighted by molar-refractivity contribution is 0.0559. The van der Waals surface area contributed by atoms with Gasteiger partial charge >= 0.3 is 0 Å². The van der Waals surface area contributed by atoms with Crippen molar-refractivity contribution >= 4 is 16.9 Å². The van der Waals surface area contributed by atoms with Crippen molar-refractivity contribution in [2.75, 3.05) is 13.1 Å². The van der Waals surface area contributed by atoms with E-state index in [1.165, 1.54) is 6.07 Å². The molecule has 0 bridgehead atoms. The number of benzene rings is 1. The van der Waals surface area contributed by atoms with E-state index in [1.54, 1.807) is 29.2 Å². The van der Waals surface area contributed by atoms with Gasteiger partial charge in [-0.2, -0.15) is 4.98 Å². The Bertz CT molecular complexity index is 1060. The monoisotopic (exact) mass is 379 g/mol. The van der Waals surface area contributed by atoms with Crippen LogP contribution in [-0.2, 0) is 0 Å². The van der Waals surface area contributed by atoms with Gasteiger partial charge in [0.05, 0.1) is 5.39 Å². The van der Waals surface area contributed by atoms with Gasteiger partial charge in [-0.05, 0) is 26.0 Å². The number of aryl methyl sites for hydroxylation is 2. The molecule has 0 N–H and O–H groups in total. The number of aromatic nitrogens is 2. The van der Waals surface area contributed by atoms with Crippen molar-refractivity contribution in [1.82, 2.24) is 14.9 Å². The summed E-state index contributed by atoms with van der Waals surface area (Å²) >= 11 is 0.